The molecule has 4 aromatic rings. The van der Waals surface area contributed by atoms with Crippen LogP contribution in [0.1, 0.15) is 15.9 Å². The zero-order valence-electron chi connectivity index (χ0n) is 19.5. The average molecular weight is 489 g/mol. The molecule has 1 aliphatic heterocycles. The molecule has 0 saturated carbocycles. The molecule has 3 heterocycles. The molecule has 0 bridgehead atoms. The lowest BCUT2D eigenvalue weighted by atomic mass is 10.2. The molecule has 10 heteroatoms. The lowest BCUT2D eigenvalue weighted by Gasteiger charge is -2.36. The van der Waals surface area contributed by atoms with Crippen LogP contribution in [0.2, 0.25) is 0 Å². The van der Waals surface area contributed by atoms with Crippen LogP contribution in [0.4, 0.5) is 10.1 Å². The summed E-state index contributed by atoms with van der Waals surface area (Å²) < 4.78 is 15.6. The van der Waals surface area contributed by atoms with Gasteiger partial charge in [-0.15, -0.1) is 5.10 Å². The minimum absolute atomic E-state index is 0.188. The van der Waals surface area contributed by atoms with Gasteiger partial charge in [0.25, 0.3) is 5.91 Å². The molecule has 36 heavy (non-hydrogen) atoms. The third-order valence-corrected chi connectivity index (χ3v) is 6.24. The number of hydrogen-bond donors (Lipinski definition) is 1. The normalized spacial score (nSPS) is 13.7. The maximum atomic E-state index is 13.2. The second kappa shape index (κ2) is 10.0. The number of benzene rings is 2. The van der Waals surface area contributed by atoms with Gasteiger partial charge in [0.05, 0.1) is 5.56 Å². The van der Waals surface area contributed by atoms with Gasteiger partial charge in [0.1, 0.15) is 12.4 Å². The van der Waals surface area contributed by atoms with E-state index in [2.05, 4.69) is 15.3 Å². The largest absolute Gasteiger partial charge is 0.368 e. The van der Waals surface area contributed by atoms with Crippen molar-refractivity contribution in [3.05, 3.63) is 100 Å². The number of aromatic nitrogens is 3. The molecule has 1 saturated heterocycles. The number of anilines is 1. The van der Waals surface area contributed by atoms with Gasteiger partial charge in [-0.3, -0.25) is 9.59 Å². The first-order valence-corrected chi connectivity index (χ1v) is 11.7. The first-order valence-electron chi connectivity index (χ1n) is 11.7. The molecule has 0 radical (unpaired) electrons. The molecule has 2 aromatic carbocycles. The van der Waals surface area contributed by atoms with Gasteiger partial charge in [0.15, 0.2) is 5.65 Å². The number of piperazine rings is 1. The van der Waals surface area contributed by atoms with Crippen LogP contribution in [0.5, 0.6) is 0 Å². The van der Waals surface area contributed by atoms with E-state index in [-0.39, 0.29) is 24.2 Å². The summed E-state index contributed by atoms with van der Waals surface area (Å²) in [5.41, 5.74) is 2.07. The van der Waals surface area contributed by atoms with Gasteiger partial charge >= 0.3 is 5.69 Å². The Labute approximate surface area is 206 Å². The predicted octanol–water partition coefficient (Wildman–Crippen LogP) is 1.91. The van der Waals surface area contributed by atoms with E-state index in [4.69, 9.17) is 0 Å². The van der Waals surface area contributed by atoms with Crippen molar-refractivity contribution in [3.8, 4) is 0 Å². The molecular weight excluding hydrogens is 463 g/mol. The molecule has 0 aliphatic carbocycles. The average Bonchev–Trinajstić information content (AvgIpc) is 3.22. The number of rotatable bonds is 6. The summed E-state index contributed by atoms with van der Waals surface area (Å²) in [6.07, 6.45) is 1.44. The Balaban J connectivity index is 1.22. The minimum atomic E-state index is -0.485. The van der Waals surface area contributed by atoms with E-state index >= 15 is 0 Å². The first-order chi connectivity index (χ1) is 17.5. The Morgan fingerprint density at radius 1 is 0.917 bits per heavy atom. The molecule has 1 fully saturated rings. The van der Waals surface area contributed by atoms with Gasteiger partial charge in [0.2, 0.25) is 5.91 Å². The Morgan fingerprint density at radius 2 is 1.64 bits per heavy atom. The van der Waals surface area contributed by atoms with Crippen LogP contribution < -0.4 is 15.9 Å². The lowest BCUT2D eigenvalue weighted by molar-refractivity contribution is -0.132. The van der Waals surface area contributed by atoms with Crippen molar-refractivity contribution >= 4 is 23.1 Å². The second-order valence-electron chi connectivity index (χ2n) is 8.60. The summed E-state index contributed by atoms with van der Waals surface area (Å²) in [7, 11) is 0. The van der Waals surface area contributed by atoms with E-state index in [0.717, 1.165) is 15.9 Å². The monoisotopic (exact) mass is 488 g/mol. The summed E-state index contributed by atoms with van der Waals surface area (Å²) >= 11 is 0. The Bertz CT molecular complexity index is 1440. The number of hydrogen-bond acceptors (Lipinski definition) is 5. The van der Waals surface area contributed by atoms with Crippen molar-refractivity contribution in [1.82, 2.24) is 24.4 Å². The van der Waals surface area contributed by atoms with Crippen molar-refractivity contribution in [3.63, 3.8) is 0 Å². The molecule has 1 aliphatic rings. The highest BCUT2D eigenvalue weighted by atomic mass is 19.1. The quantitative estimate of drug-likeness (QED) is 0.448. The number of carbonyl (C=O) groups is 2. The SMILES string of the molecule is O=C(NCc1ccccc1)c1ccc2nn(CC(=O)N3CCN(c4ccc(F)cc4)CC3)c(=O)n2c1. The van der Waals surface area contributed by atoms with Gasteiger partial charge < -0.3 is 15.1 Å². The van der Waals surface area contributed by atoms with Gasteiger partial charge in [-0.05, 0) is 42.0 Å². The number of amides is 2. The van der Waals surface area contributed by atoms with Crippen LogP contribution in [0.3, 0.4) is 0 Å². The third-order valence-electron chi connectivity index (χ3n) is 6.24. The number of fused-ring (bicyclic) bond motifs is 1. The van der Waals surface area contributed by atoms with Crippen molar-refractivity contribution < 1.29 is 14.0 Å². The van der Waals surface area contributed by atoms with Crippen LogP contribution in [0.25, 0.3) is 5.65 Å². The van der Waals surface area contributed by atoms with Gasteiger partial charge in [-0.25, -0.2) is 18.3 Å². The van der Waals surface area contributed by atoms with Gasteiger partial charge in [-0.2, -0.15) is 0 Å². The van der Waals surface area contributed by atoms with Gasteiger partial charge in [-0.1, -0.05) is 30.3 Å². The fourth-order valence-corrected chi connectivity index (χ4v) is 4.23. The maximum absolute atomic E-state index is 13.2. The Hall–Kier alpha value is -4.47. The molecule has 0 atom stereocenters. The number of halogens is 1. The van der Waals surface area contributed by atoms with Crippen LogP contribution in [0, 0.1) is 5.82 Å². The molecular formula is C26H25FN6O3. The van der Waals surface area contributed by atoms with E-state index in [9.17, 15) is 18.8 Å². The molecule has 0 unspecified atom stereocenters. The van der Waals surface area contributed by atoms with Crippen LogP contribution in [-0.2, 0) is 17.9 Å². The fraction of sp³-hybridized carbons (Fsp3) is 0.231. The van der Waals surface area contributed by atoms with Crippen molar-refractivity contribution in [2.75, 3.05) is 31.1 Å². The highest BCUT2D eigenvalue weighted by molar-refractivity contribution is 5.94. The van der Waals surface area contributed by atoms with Crippen molar-refractivity contribution in [1.29, 1.82) is 0 Å². The summed E-state index contributed by atoms with van der Waals surface area (Å²) in [4.78, 5) is 42.1. The highest BCUT2D eigenvalue weighted by Gasteiger charge is 2.23. The summed E-state index contributed by atoms with van der Waals surface area (Å²) in [5, 5.41) is 7.09. The second-order valence-corrected chi connectivity index (χ2v) is 8.60. The van der Waals surface area contributed by atoms with Crippen molar-refractivity contribution in [2.45, 2.75) is 13.1 Å². The molecule has 5 rings (SSSR count). The Morgan fingerprint density at radius 3 is 2.36 bits per heavy atom. The summed E-state index contributed by atoms with van der Waals surface area (Å²) in [6.45, 7) is 2.38. The topological polar surface area (TPSA) is 91.9 Å². The molecule has 2 aromatic heterocycles. The van der Waals surface area contributed by atoms with E-state index in [1.807, 2.05) is 30.3 Å². The van der Waals surface area contributed by atoms with Crippen LogP contribution in [0.15, 0.2) is 77.7 Å². The molecule has 1 N–H and O–H groups in total. The molecule has 0 spiro atoms. The number of nitrogens with zero attached hydrogens (tertiary/aromatic N) is 5. The molecule has 184 valence electrons. The van der Waals surface area contributed by atoms with E-state index in [1.54, 1.807) is 29.2 Å². The zero-order valence-corrected chi connectivity index (χ0v) is 19.5. The standard InChI is InChI=1S/C26H25FN6O3/c27-21-7-9-22(10-8-21)30-12-14-31(15-13-30)24(34)18-33-26(36)32-17-20(6-11-23(32)29-33)25(35)28-16-19-4-2-1-3-5-19/h1-11,17H,12-16,18H2,(H,28,35). The number of pyridine rings is 1. The Kier molecular flexibility index (Phi) is 6.48. The first kappa shape index (κ1) is 23.3. The van der Waals surface area contributed by atoms with E-state index in [0.29, 0.717) is 43.9 Å². The van der Waals surface area contributed by atoms with E-state index in [1.165, 1.54) is 22.7 Å². The lowest BCUT2D eigenvalue weighted by Crippen LogP contribution is -2.50. The fourth-order valence-electron chi connectivity index (χ4n) is 4.23. The minimum Gasteiger partial charge on any atom is -0.368 e. The van der Waals surface area contributed by atoms with E-state index < -0.39 is 5.69 Å². The predicted molar refractivity (Wildman–Crippen MR) is 132 cm³/mol. The highest BCUT2D eigenvalue weighted by Crippen LogP contribution is 2.17. The van der Waals surface area contributed by atoms with Gasteiger partial charge in [0, 0.05) is 44.6 Å². The zero-order chi connectivity index (χ0) is 25.1. The third kappa shape index (κ3) is 4.97. The number of nitrogens with one attached hydrogen (secondary N) is 1. The van der Waals surface area contributed by atoms with Crippen LogP contribution >= 0.6 is 0 Å². The maximum Gasteiger partial charge on any atom is 0.350 e. The number of carbonyl (C=O) groups excluding carboxylic acids is 2. The smallest absolute Gasteiger partial charge is 0.350 e. The molecule has 2 amide bonds. The van der Waals surface area contributed by atoms with Crippen LogP contribution in [-0.4, -0.2) is 57.1 Å². The summed E-state index contributed by atoms with van der Waals surface area (Å²) in [5.74, 6) is -0.805. The van der Waals surface area contributed by atoms with Crippen molar-refractivity contribution in [2.24, 2.45) is 0 Å². The summed E-state index contributed by atoms with van der Waals surface area (Å²) in [6, 6.07) is 19.0. The molecule has 9 nitrogen and oxygen atoms in total.